The van der Waals surface area contributed by atoms with Crippen LogP contribution in [0.25, 0.3) is 10.8 Å². The molecule has 3 rings (SSSR count). The molecule has 0 saturated carbocycles. The van der Waals surface area contributed by atoms with Gasteiger partial charge >= 0.3 is 5.97 Å². The molecule has 0 fully saturated rings. The largest absolute Gasteiger partial charge is 0.504 e. The molecule has 0 radical (unpaired) electrons. The Labute approximate surface area is 120 Å². The summed E-state index contributed by atoms with van der Waals surface area (Å²) < 4.78 is 5.68. The summed E-state index contributed by atoms with van der Waals surface area (Å²) in [7, 11) is 0. The highest BCUT2D eigenvalue weighted by molar-refractivity contribution is 5.93. The first-order valence-electron chi connectivity index (χ1n) is 6.37. The topological polar surface area (TPSA) is 66.8 Å². The third kappa shape index (κ3) is 2.39. The summed E-state index contributed by atoms with van der Waals surface area (Å²) in [5.41, 5.74) is 0.0461. The first-order valence-corrected chi connectivity index (χ1v) is 6.37. The van der Waals surface area contributed by atoms with E-state index in [1.807, 2.05) is 24.3 Å². The van der Waals surface area contributed by atoms with Crippen molar-refractivity contribution in [3.63, 3.8) is 0 Å². The molecule has 0 unspecified atom stereocenters. The number of ether oxygens (including phenoxy) is 1. The van der Waals surface area contributed by atoms with Crippen LogP contribution in [0.3, 0.4) is 0 Å². The maximum atomic E-state index is 11.2. The number of aromatic carboxylic acids is 1. The van der Waals surface area contributed by atoms with Crippen LogP contribution in [0.4, 0.5) is 0 Å². The Morgan fingerprint density at radius 2 is 1.62 bits per heavy atom. The molecule has 0 aliphatic carbocycles. The van der Waals surface area contributed by atoms with E-state index < -0.39 is 5.97 Å². The highest BCUT2D eigenvalue weighted by Gasteiger charge is 2.14. The lowest BCUT2D eigenvalue weighted by atomic mass is 10.1. The highest BCUT2D eigenvalue weighted by Crippen LogP contribution is 2.38. The van der Waals surface area contributed by atoms with Crippen molar-refractivity contribution in [3.05, 3.63) is 66.2 Å². The van der Waals surface area contributed by atoms with Crippen molar-refractivity contribution in [1.29, 1.82) is 0 Å². The smallest absolute Gasteiger partial charge is 0.339 e. The minimum absolute atomic E-state index is 0.0334. The van der Waals surface area contributed by atoms with E-state index in [2.05, 4.69) is 0 Å². The van der Waals surface area contributed by atoms with E-state index in [4.69, 9.17) is 4.74 Å². The predicted octanol–water partition coefficient (Wildman–Crippen LogP) is 4.04. The number of hydrogen-bond donors (Lipinski definition) is 2. The van der Waals surface area contributed by atoms with Gasteiger partial charge in [0, 0.05) is 5.39 Å². The van der Waals surface area contributed by atoms with Gasteiger partial charge in [0.25, 0.3) is 0 Å². The van der Waals surface area contributed by atoms with E-state index in [0.717, 1.165) is 10.8 Å². The van der Waals surface area contributed by atoms with Crippen LogP contribution in [-0.2, 0) is 0 Å². The standard InChI is InChI=1S/C17H12O4/c18-14-10-9-11-5-1-2-6-12(11)16(14)21-15-8-4-3-7-13(15)17(19)20/h1-10,18H,(H,19,20). The number of phenolic OH excluding ortho intramolecular Hbond substituents is 1. The molecule has 3 aromatic carbocycles. The second-order valence-electron chi connectivity index (χ2n) is 4.54. The Bertz CT molecular complexity index is 824. The van der Waals surface area contributed by atoms with Gasteiger partial charge in [0.15, 0.2) is 11.5 Å². The number of carboxylic acids is 1. The van der Waals surface area contributed by atoms with E-state index in [9.17, 15) is 15.0 Å². The SMILES string of the molecule is O=C(O)c1ccccc1Oc1c(O)ccc2ccccc12. The zero-order valence-corrected chi connectivity index (χ0v) is 11.0. The molecule has 0 bridgehead atoms. The van der Waals surface area contributed by atoms with E-state index in [0.29, 0.717) is 0 Å². The highest BCUT2D eigenvalue weighted by atomic mass is 16.5. The van der Waals surface area contributed by atoms with E-state index in [1.165, 1.54) is 12.1 Å². The maximum Gasteiger partial charge on any atom is 0.339 e. The lowest BCUT2D eigenvalue weighted by Gasteiger charge is -2.12. The van der Waals surface area contributed by atoms with Gasteiger partial charge in [0.1, 0.15) is 11.3 Å². The number of carbonyl (C=O) groups is 1. The number of aromatic hydroxyl groups is 1. The summed E-state index contributed by atoms with van der Waals surface area (Å²) in [5, 5.41) is 20.8. The van der Waals surface area contributed by atoms with E-state index >= 15 is 0 Å². The Kier molecular flexibility index (Phi) is 3.20. The number of benzene rings is 3. The zero-order valence-electron chi connectivity index (χ0n) is 11.0. The molecule has 0 saturated heterocycles. The normalized spacial score (nSPS) is 10.5. The van der Waals surface area contributed by atoms with Gasteiger partial charge in [0.2, 0.25) is 0 Å². The van der Waals surface area contributed by atoms with Gasteiger partial charge < -0.3 is 14.9 Å². The molecule has 0 amide bonds. The predicted molar refractivity (Wildman–Crippen MR) is 79.1 cm³/mol. The molecule has 0 atom stereocenters. The molecular formula is C17H12O4. The maximum absolute atomic E-state index is 11.2. The van der Waals surface area contributed by atoms with Gasteiger partial charge in [-0.05, 0) is 23.6 Å². The third-order valence-electron chi connectivity index (χ3n) is 3.19. The molecule has 3 aromatic rings. The van der Waals surface area contributed by atoms with E-state index in [1.54, 1.807) is 24.3 Å². The van der Waals surface area contributed by atoms with Crippen LogP contribution in [0, 0.1) is 0 Å². The number of hydrogen-bond acceptors (Lipinski definition) is 3. The molecule has 0 spiro atoms. The molecular weight excluding hydrogens is 268 g/mol. The lowest BCUT2D eigenvalue weighted by molar-refractivity contribution is 0.0694. The van der Waals surface area contributed by atoms with Crippen molar-refractivity contribution < 1.29 is 19.7 Å². The number of phenols is 1. The second-order valence-corrected chi connectivity index (χ2v) is 4.54. The molecule has 0 aromatic heterocycles. The summed E-state index contributed by atoms with van der Waals surface area (Å²) in [6.07, 6.45) is 0. The molecule has 104 valence electrons. The molecule has 2 N–H and O–H groups in total. The Morgan fingerprint density at radius 3 is 2.43 bits per heavy atom. The van der Waals surface area contributed by atoms with Crippen LogP contribution in [0.1, 0.15) is 10.4 Å². The minimum Gasteiger partial charge on any atom is -0.504 e. The van der Waals surface area contributed by atoms with Crippen molar-refractivity contribution in [2.75, 3.05) is 0 Å². The minimum atomic E-state index is -1.08. The van der Waals surface area contributed by atoms with Gasteiger partial charge in [-0.3, -0.25) is 0 Å². The van der Waals surface area contributed by atoms with Gasteiger partial charge in [-0.2, -0.15) is 0 Å². The van der Waals surface area contributed by atoms with Crippen LogP contribution < -0.4 is 4.74 Å². The molecule has 0 aliphatic rings. The van der Waals surface area contributed by atoms with Gasteiger partial charge in [-0.15, -0.1) is 0 Å². The molecule has 21 heavy (non-hydrogen) atoms. The quantitative estimate of drug-likeness (QED) is 0.760. The first kappa shape index (κ1) is 13.0. The lowest BCUT2D eigenvalue weighted by Crippen LogP contribution is -1.99. The summed E-state index contributed by atoms with van der Waals surface area (Å²) in [6.45, 7) is 0. The molecule has 0 heterocycles. The van der Waals surface area contributed by atoms with Crippen molar-refractivity contribution in [2.24, 2.45) is 0 Å². The second kappa shape index (κ2) is 5.17. The van der Waals surface area contributed by atoms with Crippen LogP contribution in [0.15, 0.2) is 60.7 Å². The van der Waals surface area contributed by atoms with Crippen LogP contribution >= 0.6 is 0 Å². The van der Waals surface area contributed by atoms with Gasteiger partial charge in [-0.1, -0.05) is 42.5 Å². The molecule has 4 heteroatoms. The zero-order chi connectivity index (χ0) is 14.8. The van der Waals surface area contributed by atoms with Crippen molar-refractivity contribution in [2.45, 2.75) is 0 Å². The van der Waals surface area contributed by atoms with Crippen molar-refractivity contribution in [3.8, 4) is 17.2 Å². The van der Waals surface area contributed by atoms with Crippen LogP contribution in [0.2, 0.25) is 0 Å². The monoisotopic (exact) mass is 280 g/mol. The van der Waals surface area contributed by atoms with Gasteiger partial charge in [-0.25, -0.2) is 4.79 Å². The summed E-state index contributed by atoms with van der Waals surface area (Å²) in [4.78, 5) is 11.2. The Hall–Kier alpha value is -3.01. The van der Waals surface area contributed by atoms with Crippen molar-refractivity contribution >= 4 is 16.7 Å². The summed E-state index contributed by atoms with van der Waals surface area (Å²) in [5.74, 6) is -0.669. The van der Waals surface area contributed by atoms with Crippen LogP contribution in [-0.4, -0.2) is 16.2 Å². The fourth-order valence-electron chi connectivity index (χ4n) is 2.18. The Morgan fingerprint density at radius 1 is 0.905 bits per heavy atom. The number of fused-ring (bicyclic) bond motifs is 1. The molecule has 4 nitrogen and oxygen atoms in total. The number of rotatable bonds is 3. The average molecular weight is 280 g/mol. The Balaban J connectivity index is 2.15. The number of para-hydroxylation sites is 1. The van der Waals surface area contributed by atoms with E-state index in [-0.39, 0.29) is 22.8 Å². The third-order valence-corrected chi connectivity index (χ3v) is 3.19. The fraction of sp³-hybridized carbons (Fsp3) is 0. The van der Waals surface area contributed by atoms with Gasteiger partial charge in [0.05, 0.1) is 0 Å². The summed E-state index contributed by atoms with van der Waals surface area (Å²) >= 11 is 0. The fourth-order valence-corrected chi connectivity index (χ4v) is 2.18. The van der Waals surface area contributed by atoms with Crippen molar-refractivity contribution in [1.82, 2.24) is 0 Å². The number of carboxylic acid groups (broad SMARTS) is 1. The van der Waals surface area contributed by atoms with Crippen LogP contribution in [0.5, 0.6) is 17.2 Å². The first-order chi connectivity index (χ1) is 10.2. The molecule has 0 aliphatic heterocycles. The summed E-state index contributed by atoms with van der Waals surface area (Å²) in [6, 6.07) is 17.1. The average Bonchev–Trinajstić information content (AvgIpc) is 2.50.